The molecule has 2 aliphatic rings. The van der Waals surface area contributed by atoms with Crippen LogP contribution in [-0.2, 0) is 9.47 Å². The molecule has 2 fully saturated rings. The lowest BCUT2D eigenvalue weighted by atomic mass is 9.99. The summed E-state index contributed by atoms with van der Waals surface area (Å²) in [6, 6.07) is 0. The van der Waals surface area contributed by atoms with Crippen LogP contribution in [-0.4, -0.2) is 77.1 Å². The monoisotopic (exact) mass is 312 g/mol. The first kappa shape index (κ1) is 17.5. The van der Waals surface area contributed by atoms with Crippen molar-refractivity contribution in [1.82, 2.24) is 15.5 Å². The van der Waals surface area contributed by atoms with Crippen molar-refractivity contribution in [2.75, 3.05) is 60.1 Å². The van der Waals surface area contributed by atoms with E-state index in [9.17, 15) is 0 Å². The highest BCUT2D eigenvalue weighted by atomic mass is 16.5. The molecule has 0 aromatic carbocycles. The third-order valence-electron chi connectivity index (χ3n) is 4.36. The number of ether oxygens (including phenoxy) is 2. The quantitative estimate of drug-likeness (QED) is 0.411. The predicted molar refractivity (Wildman–Crippen MR) is 89.4 cm³/mol. The molecular weight excluding hydrogens is 280 g/mol. The second-order valence-electron chi connectivity index (χ2n) is 6.36. The molecule has 0 spiro atoms. The van der Waals surface area contributed by atoms with E-state index in [4.69, 9.17) is 9.47 Å². The molecule has 6 heteroatoms. The van der Waals surface area contributed by atoms with E-state index in [0.717, 1.165) is 57.6 Å². The number of aliphatic imine (C=N–C) groups is 1. The van der Waals surface area contributed by atoms with E-state index < -0.39 is 0 Å². The van der Waals surface area contributed by atoms with E-state index in [1.54, 1.807) is 0 Å². The summed E-state index contributed by atoms with van der Waals surface area (Å²) in [6.07, 6.45) is 4.94. The number of rotatable bonds is 7. The second kappa shape index (κ2) is 10.0. The van der Waals surface area contributed by atoms with Crippen LogP contribution in [0.3, 0.4) is 0 Å². The van der Waals surface area contributed by atoms with E-state index in [-0.39, 0.29) is 0 Å². The molecule has 0 radical (unpaired) electrons. The SMILES string of the molecule is CN=C(NCCCOC1CCOC1)NCC1CCCN(C)C1. The summed E-state index contributed by atoms with van der Waals surface area (Å²) in [5, 5.41) is 6.80. The normalized spacial score (nSPS) is 27.1. The Hall–Kier alpha value is -0.850. The van der Waals surface area contributed by atoms with E-state index in [1.807, 2.05) is 7.05 Å². The number of nitrogens with zero attached hydrogens (tertiary/aromatic N) is 2. The third kappa shape index (κ3) is 6.50. The van der Waals surface area contributed by atoms with Crippen molar-refractivity contribution in [3.63, 3.8) is 0 Å². The van der Waals surface area contributed by atoms with E-state index in [0.29, 0.717) is 6.10 Å². The van der Waals surface area contributed by atoms with Gasteiger partial charge in [-0.05, 0) is 45.2 Å². The van der Waals surface area contributed by atoms with Crippen LogP contribution in [0.25, 0.3) is 0 Å². The van der Waals surface area contributed by atoms with Gasteiger partial charge in [0.1, 0.15) is 0 Å². The average molecular weight is 312 g/mol. The first-order chi connectivity index (χ1) is 10.8. The highest BCUT2D eigenvalue weighted by molar-refractivity contribution is 5.79. The van der Waals surface area contributed by atoms with Crippen LogP contribution < -0.4 is 10.6 Å². The fraction of sp³-hybridized carbons (Fsp3) is 0.938. The number of hydrogen-bond donors (Lipinski definition) is 2. The van der Waals surface area contributed by atoms with Gasteiger partial charge in [-0.15, -0.1) is 0 Å². The Morgan fingerprint density at radius 3 is 3.00 bits per heavy atom. The Morgan fingerprint density at radius 1 is 1.36 bits per heavy atom. The lowest BCUT2D eigenvalue weighted by Gasteiger charge is -2.30. The van der Waals surface area contributed by atoms with Crippen molar-refractivity contribution in [2.24, 2.45) is 10.9 Å². The van der Waals surface area contributed by atoms with Crippen molar-refractivity contribution in [3.8, 4) is 0 Å². The molecular formula is C16H32N4O2. The Morgan fingerprint density at radius 2 is 2.27 bits per heavy atom. The van der Waals surface area contributed by atoms with Crippen molar-refractivity contribution in [3.05, 3.63) is 0 Å². The van der Waals surface area contributed by atoms with Crippen molar-refractivity contribution >= 4 is 5.96 Å². The molecule has 0 saturated carbocycles. The molecule has 128 valence electrons. The summed E-state index contributed by atoms with van der Waals surface area (Å²) in [7, 11) is 4.03. The molecule has 2 N–H and O–H groups in total. The van der Waals surface area contributed by atoms with Gasteiger partial charge in [-0.3, -0.25) is 4.99 Å². The van der Waals surface area contributed by atoms with Crippen molar-refractivity contribution < 1.29 is 9.47 Å². The number of nitrogens with one attached hydrogen (secondary N) is 2. The maximum atomic E-state index is 5.75. The van der Waals surface area contributed by atoms with Gasteiger partial charge in [0.25, 0.3) is 0 Å². The number of likely N-dealkylation sites (tertiary alicyclic amines) is 1. The smallest absolute Gasteiger partial charge is 0.190 e. The Labute approximate surface area is 134 Å². The average Bonchev–Trinajstić information content (AvgIpc) is 3.03. The molecule has 0 aromatic rings. The van der Waals surface area contributed by atoms with Gasteiger partial charge >= 0.3 is 0 Å². The minimum atomic E-state index is 0.306. The zero-order valence-electron chi connectivity index (χ0n) is 14.1. The van der Waals surface area contributed by atoms with Gasteiger partial charge in [0, 0.05) is 39.9 Å². The maximum Gasteiger partial charge on any atom is 0.190 e. The summed E-state index contributed by atoms with van der Waals surface area (Å²) in [6.45, 7) is 6.68. The van der Waals surface area contributed by atoms with Crippen molar-refractivity contribution in [1.29, 1.82) is 0 Å². The topological polar surface area (TPSA) is 58.1 Å². The third-order valence-corrected chi connectivity index (χ3v) is 4.36. The summed E-state index contributed by atoms with van der Waals surface area (Å²) >= 11 is 0. The van der Waals surface area contributed by atoms with Gasteiger partial charge in [0.2, 0.25) is 0 Å². The molecule has 2 atom stereocenters. The molecule has 2 rings (SSSR count). The zero-order valence-corrected chi connectivity index (χ0v) is 14.1. The highest BCUT2D eigenvalue weighted by Gasteiger charge is 2.17. The summed E-state index contributed by atoms with van der Waals surface area (Å²) in [5.41, 5.74) is 0. The van der Waals surface area contributed by atoms with Crippen LogP contribution >= 0.6 is 0 Å². The minimum Gasteiger partial charge on any atom is -0.379 e. The first-order valence-electron chi connectivity index (χ1n) is 8.60. The van der Waals surface area contributed by atoms with E-state index in [2.05, 4.69) is 27.6 Å². The summed E-state index contributed by atoms with van der Waals surface area (Å²) in [5.74, 6) is 1.63. The molecule has 6 nitrogen and oxygen atoms in total. The molecule has 0 bridgehead atoms. The standard InChI is InChI=1S/C16H32N4O2/c1-17-16(19-11-14-5-3-8-20(2)12-14)18-7-4-9-22-15-6-10-21-13-15/h14-15H,3-13H2,1-2H3,(H2,17,18,19). The van der Waals surface area contributed by atoms with Gasteiger partial charge in [0.15, 0.2) is 5.96 Å². The van der Waals surface area contributed by atoms with Crippen LogP contribution in [0.4, 0.5) is 0 Å². The molecule has 2 unspecified atom stereocenters. The van der Waals surface area contributed by atoms with Crippen LogP contribution in [0, 0.1) is 5.92 Å². The van der Waals surface area contributed by atoms with Crippen LogP contribution in [0.15, 0.2) is 4.99 Å². The van der Waals surface area contributed by atoms with Gasteiger partial charge < -0.3 is 25.0 Å². The van der Waals surface area contributed by atoms with Gasteiger partial charge in [-0.1, -0.05) is 0 Å². The summed E-state index contributed by atoms with van der Waals surface area (Å²) < 4.78 is 11.0. The number of guanidine groups is 1. The summed E-state index contributed by atoms with van der Waals surface area (Å²) in [4.78, 5) is 6.70. The second-order valence-corrected chi connectivity index (χ2v) is 6.36. The number of hydrogen-bond acceptors (Lipinski definition) is 4. The maximum absolute atomic E-state index is 5.75. The van der Waals surface area contributed by atoms with Gasteiger partial charge in [-0.25, -0.2) is 0 Å². The molecule has 0 aromatic heterocycles. The van der Waals surface area contributed by atoms with Crippen LogP contribution in [0.2, 0.25) is 0 Å². The molecule has 22 heavy (non-hydrogen) atoms. The zero-order chi connectivity index (χ0) is 15.6. The number of piperidine rings is 1. The largest absolute Gasteiger partial charge is 0.379 e. The van der Waals surface area contributed by atoms with Gasteiger partial charge in [-0.2, -0.15) is 0 Å². The Kier molecular flexibility index (Phi) is 7.98. The Bertz CT molecular complexity index is 332. The predicted octanol–water partition coefficient (Wildman–Crippen LogP) is 0.689. The first-order valence-corrected chi connectivity index (χ1v) is 8.60. The highest BCUT2D eigenvalue weighted by Crippen LogP contribution is 2.13. The lowest BCUT2D eigenvalue weighted by molar-refractivity contribution is 0.0420. The van der Waals surface area contributed by atoms with Crippen LogP contribution in [0.1, 0.15) is 25.7 Å². The molecule has 0 amide bonds. The van der Waals surface area contributed by atoms with Crippen LogP contribution in [0.5, 0.6) is 0 Å². The van der Waals surface area contributed by atoms with Crippen molar-refractivity contribution in [2.45, 2.75) is 31.8 Å². The van der Waals surface area contributed by atoms with E-state index in [1.165, 1.54) is 25.9 Å². The van der Waals surface area contributed by atoms with E-state index >= 15 is 0 Å². The molecule has 2 saturated heterocycles. The molecule has 2 aliphatic heterocycles. The van der Waals surface area contributed by atoms with Gasteiger partial charge in [0.05, 0.1) is 12.7 Å². The minimum absolute atomic E-state index is 0.306. The fourth-order valence-electron chi connectivity index (χ4n) is 3.07. The Balaban J connectivity index is 1.51. The lowest BCUT2D eigenvalue weighted by Crippen LogP contribution is -2.43. The molecule has 0 aliphatic carbocycles. The fourth-order valence-corrected chi connectivity index (χ4v) is 3.07. The molecule has 2 heterocycles.